The van der Waals surface area contributed by atoms with Crippen molar-refractivity contribution < 1.29 is 19.7 Å². The molecule has 1 aromatic carbocycles. The Kier molecular flexibility index (Phi) is 3.98. The molecule has 0 fully saturated rings. The Morgan fingerprint density at radius 1 is 1.50 bits per heavy atom. The SMILES string of the molecule is COC(=O)[C@@H](N)Cc1ccc(Cl)c(O)c1O. The topological polar surface area (TPSA) is 92.8 Å². The van der Waals surface area contributed by atoms with Crippen LogP contribution in [0.5, 0.6) is 11.5 Å². The number of hydrogen-bond acceptors (Lipinski definition) is 5. The fraction of sp³-hybridized carbons (Fsp3) is 0.300. The summed E-state index contributed by atoms with van der Waals surface area (Å²) in [6.07, 6.45) is 0.0588. The molecule has 0 spiro atoms. The number of carbonyl (C=O) groups excluding carboxylic acids is 1. The van der Waals surface area contributed by atoms with Crippen LogP contribution in [0.1, 0.15) is 5.56 Å². The lowest BCUT2D eigenvalue weighted by Gasteiger charge is -2.11. The molecule has 88 valence electrons. The van der Waals surface area contributed by atoms with Gasteiger partial charge in [0.25, 0.3) is 0 Å². The summed E-state index contributed by atoms with van der Waals surface area (Å²) in [5.41, 5.74) is 5.85. The van der Waals surface area contributed by atoms with E-state index in [0.717, 1.165) is 0 Å². The number of methoxy groups -OCH3 is 1. The van der Waals surface area contributed by atoms with Crippen LogP contribution >= 0.6 is 11.6 Å². The van der Waals surface area contributed by atoms with E-state index in [9.17, 15) is 15.0 Å². The molecule has 0 radical (unpaired) electrons. The third-order valence-electron chi connectivity index (χ3n) is 2.13. The second kappa shape index (κ2) is 5.05. The molecule has 16 heavy (non-hydrogen) atoms. The highest BCUT2D eigenvalue weighted by atomic mass is 35.5. The number of rotatable bonds is 3. The van der Waals surface area contributed by atoms with Crippen LogP contribution in [-0.2, 0) is 16.0 Å². The smallest absolute Gasteiger partial charge is 0.322 e. The Bertz CT molecular complexity index is 408. The second-order valence-electron chi connectivity index (χ2n) is 3.24. The van der Waals surface area contributed by atoms with Crippen LogP contribution in [0.15, 0.2) is 12.1 Å². The lowest BCUT2D eigenvalue weighted by atomic mass is 10.1. The first-order valence-corrected chi connectivity index (χ1v) is 4.88. The zero-order valence-corrected chi connectivity index (χ0v) is 9.36. The van der Waals surface area contributed by atoms with Gasteiger partial charge in [-0.05, 0) is 11.6 Å². The molecular weight excluding hydrogens is 234 g/mol. The van der Waals surface area contributed by atoms with E-state index < -0.39 is 17.8 Å². The lowest BCUT2D eigenvalue weighted by molar-refractivity contribution is -0.142. The fourth-order valence-corrected chi connectivity index (χ4v) is 1.39. The average Bonchev–Trinajstić information content (AvgIpc) is 2.28. The number of esters is 1. The molecule has 5 nitrogen and oxygen atoms in total. The molecule has 0 bridgehead atoms. The van der Waals surface area contributed by atoms with Gasteiger partial charge in [-0.3, -0.25) is 4.79 Å². The normalized spacial score (nSPS) is 12.2. The first kappa shape index (κ1) is 12.6. The Balaban J connectivity index is 2.90. The van der Waals surface area contributed by atoms with Crippen LogP contribution in [0.4, 0.5) is 0 Å². The monoisotopic (exact) mass is 245 g/mol. The van der Waals surface area contributed by atoms with Crippen molar-refractivity contribution in [3.05, 3.63) is 22.7 Å². The summed E-state index contributed by atoms with van der Waals surface area (Å²) in [4.78, 5) is 11.1. The van der Waals surface area contributed by atoms with Crippen molar-refractivity contribution in [2.24, 2.45) is 5.73 Å². The van der Waals surface area contributed by atoms with E-state index in [1.807, 2.05) is 0 Å². The maximum absolute atomic E-state index is 11.1. The average molecular weight is 246 g/mol. The molecule has 0 aliphatic heterocycles. The number of phenols is 2. The first-order valence-electron chi connectivity index (χ1n) is 4.50. The third kappa shape index (κ3) is 2.56. The highest BCUT2D eigenvalue weighted by Crippen LogP contribution is 2.36. The van der Waals surface area contributed by atoms with Crippen molar-refractivity contribution >= 4 is 17.6 Å². The molecular formula is C10H12ClNO4. The zero-order valence-electron chi connectivity index (χ0n) is 8.61. The fourth-order valence-electron chi connectivity index (χ4n) is 1.23. The molecule has 4 N–H and O–H groups in total. The van der Waals surface area contributed by atoms with Crippen molar-refractivity contribution in [1.29, 1.82) is 0 Å². The van der Waals surface area contributed by atoms with Gasteiger partial charge in [-0.1, -0.05) is 17.7 Å². The van der Waals surface area contributed by atoms with Gasteiger partial charge < -0.3 is 20.7 Å². The summed E-state index contributed by atoms with van der Waals surface area (Å²) in [7, 11) is 1.22. The molecule has 0 aromatic heterocycles. The van der Waals surface area contributed by atoms with E-state index in [4.69, 9.17) is 17.3 Å². The van der Waals surface area contributed by atoms with Crippen molar-refractivity contribution in [3.63, 3.8) is 0 Å². The number of aromatic hydroxyl groups is 2. The zero-order chi connectivity index (χ0) is 12.3. The minimum absolute atomic E-state index is 0.0351. The van der Waals surface area contributed by atoms with E-state index >= 15 is 0 Å². The predicted molar refractivity (Wildman–Crippen MR) is 58.5 cm³/mol. The van der Waals surface area contributed by atoms with Gasteiger partial charge in [0.1, 0.15) is 6.04 Å². The largest absolute Gasteiger partial charge is 0.504 e. The molecule has 0 saturated heterocycles. The number of nitrogens with two attached hydrogens (primary N) is 1. The van der Waals surface area contributed by atoms with Gasteiger partial charge in [-0.15, -0.1) is 0 Å². The van der Waals surface area contributed by atoms with Crippen molar-refractivity contribution in [2.45, 2.75) is 12.5 Å². The van der Waals surface area contributed by atoms with E-state index in [0.29, 0.717) is 5.56 Å². The number of halogens is 1. The lowest BCUT2D eigenvalue weighted by Crippen LogP contribution is -2.33. The predicted octanol–water partition coefficient (Wildman–Crippen LogP) is 0.794. The Morgan fingerprint density at radius 3 is 2.69 bits per heavy atom. The number of carbonyl (C=O) groups is 1. The van der Waals surface area contributed by atoms with Crippen LogP contribution in [0.2, 0.25) is 5.02 Å². The van der Waals surface area contributed by atoms with Gasteiger partial charge in [0, 0.05) is 6.42 Å². The van der Waals surface area contributed by atoms with E-state index in [-0.39, 0.29) is 17.2 Å². The standard InChI is InChI=1S/C10H12ClNO4/c1-16-10(15)7(12)4-5-2-3-6(11)9(14)8(5)13/h2-3,7,13-14H,4,12H2,1H3/t7-/m0/s1. The molecule has 0 amide bonds. The molecule has 0 heterocycles. The summed E-state index contributed by atoms with van der Waals surface area (Å²) < 4.78 is 4.44. The number of benzene rings is 1. The van der Waals surface area contributed by atoms with Crippen molar-refractivity contribution in [2.75, 3.05) is 7.11 Å². The van der Waals surface area contributed by atoms with Crippen LogP contribution < -0.4 is 5.73 Å². The van der Waals surface area contributed by atoms with Gasteiger partial charge in [-0.25, -0.2) is 0 Å². The molecule has 0 aliphatic rings. The summed E-state index contributed by atoms with van der Waals surface area (Å²) in [6, 6.07) is 2.01. The van der Waals surface area contributed by atoms with E-state index in [1.165, 1.54) is 19.2 Å². The Hall–Kier alpha value is -1.46. The molecule has 1 atom stereocenters. The molecule has 1 rings (SSSR count). The highest BCUT2D eigenvalue weighted by molar-refractivity contribution is 6.32. The van der Waals surface area contributed by atoms with E-state index in [2.05, 4.69) is 4.74 Å². The Labute approximate surface area is 97.4 Å². The summed E-state index contributed by atoms with van der Waals surface area (Å²) >= 11 is 5.58. The molecule has 1 aromatic rings. The van der Waals surface area contributed by atoms with Crippen LogP contribution in [0.3, 0.4) is 0 Å². The van der Waals surface area contributed by atoms with Crippen LogP contribution in [0, 0.1) is 0 Å². The first-order chi connectivity index (χ1) is 7.47. The minimum Gasteiger partial charge on any atom is -0.504 e. The summed E-state index contributed by atoms with van der Waals surface area (Å²) in [6.45, 7) is 0. The second-order valence-corrected chi connectivity index (χ2v) is 3.64. The van der Waals surface area contributed by atoms with Crippen LogP contribution in [0.25, 0.3) is 0 Å². The van der Waals surface area contributed by atoms with Gasteiger partial charge in [-0.2, -0.15) is 0 Å². The van der Waals surface area contributed by atoms with Gasteiger partial charge >= 0.3 is 5.97 Å². The molecule has 0 saturated carbocycles. The van der Waals surface area contributed by atoms with Gasteiger partial charge in [0.05, 0.1) is 12.1 Å². The molecule has 0 unspecified atom stereocenters. The maximum Gasteiger partial charge on any atom is 0.322 e. The number of hydrogen-bond donors (Lipinski definition) is 3. The third-order valence-corrected chi connectivity index (χ3v) is 2.43. The molecule has 0 aliphatic carbocycles. The van der Waals surface area contributed by atoms with Gasteiger partial charge in [0.2, 0.25) is 0 Å². The number of phenolic OH excluding ortho intramolecular Hbond substituents is 2. The van der Waals surface area contributed by atoms with Crippen molar-refractivity contribution in [3.8, 4) is 11.5 Å². The molecule has 6 heteroatoms. The summed E-state index contributed by atoms with van der Waals surface area (Å²) in [5.74, 6) is -1.38. The van der Waals surface area contributed by atoms with E-state index in [1.54, 1.807) is 0 Å². The summed E-state index contributed by atoms with van der Waals surface area (Å²) in [5, 5.41) is 18.9. The maximum atomic E-state index is 11.1. The quantitative estimate of drug-likeness (QED) is 0.541. The van der Waals surface area contributed by atoms with Gasteiger partial charge in [0.15, 0.2) is 11.5 Å². The number of ether oxygens (including phenoxy) is 1. The highest BCUT2D eigenvalue weighted by Gasteiger charge is 2.18. The minimum atomic E-state index is -0.892. The van der Waals surface area contributed by atoms with Crippen molar-refractivity contribution in [1.82, 2.24) is 0 Å². The van der Waals surface area contributed by atoms with Crippen LogP contribution in [-0.4, -0.2) is 29.3 Å². The Morgan fingerprint density at radius 2 is 2.12 bits per heavy atom.